The van der Waals surface area contributed by atoms with E-state index in [1.54, 1.807) is 0 Å². The zero-order chi connectivity index (χ0) is 36.6. The first-order valence-electron chi connectivity index (χ1n) is 19.3. The molecule has 1 rings (SSSR count). The molecule has 1 heterocycles. The lowest BCUT2D eigenvalue weighted by Gasteiger charge is -2.25. The molecule has 3 unspecified atom stereocenters. The molecule has 3 atom stereocenters. The van der Waals surface area contributed by atoms with Crippen molar-refractivity contribution in [1.82, 2.24) is 0 Å². The minimum absolute atomic E-state index is 0. The van der Waals surface area contributed by atoms with Crippen LogP contribution in [0.5, 0.6) is 0 Å². The Labute approximate surface area is 314 Å². The maximum absolute atomic E-state index is 12.0. The van der Waals surface area contributed by atoms with Gasteiger partial charge < -0.3 is 14.2 Å². The summed E-state index contributed by atoms with van der Waals surface area (Å²) in [6, 6.07) is 0. The third kappa shape index (κ3) is 41.1. The first-order chi connectivity index (χ1) is 24.0. The van der Waals surface area contributed by atoms with E-state index < -0.39 is 6.10 Å². The van der Waals surface area contributed by atoms with Crippen molar-refractivity contribution in [2.24, 2.45) is 0 Å². The number of cyclic esters (lactones) is 1. The SMILES string of the molecule is C.C=CCCCCCCCC(=O)OCC(COOCC)OOCC.CCCCCCCCC1OC(=O)CCCCCCCC(CCC)O1.OO.[B]. The molecule has 12 heteroatoms. The first kappa shape index (κ1) is 56.2. The van der Waals surface area contributed by atoms with Crippen LogP contribution in [0.2, 0.25) is 0 Å². The summed E-state index contributed by atoms with van der Waals surface area (Å²) in [7, 11) is 0. The molecular formula is C39H78BO11. The second-order valence-corrected chi connectivity index (χ2v) is 12.4. The molecule has 3 radical (unpaired) electrons. The van der Waals surface area contributed by atoms with E-state index in [4.69, 9.17) is 44.3 Å². The summed E-state index contributed by atoms with van der Waals surface area (Å²) in [6.45, 7) is 12.8. The summed E-state index contributed by atoms with van der Waals surface area (Å²) in [6.07, 6.45) is 26.3. The molecule has 1 aliphatic heterocycles. The van der Waals surface area contributed by atoms with E-state index in [1.807, 2.05) is 19.9 Å². The lowest BCUT2D eigenvalue weighted by Crippen LogP contribution is -2.27. The van der Waals surface area contributed by atoms with Gasteiger partial charge in [-0.25, -0.2) is 19.6 Å². The minimum Gasteiger partial charge on any atom is -0.463 e. The molecule has 11 nitrogen and oxygen atoms in total. The summed E-state index contributed by atoms with van der Waals surface area (Å²) in [4.78, 5) is 43.4. The van der Waals surface area contributed by atoms with Crippen LogP contribution in [0.25, 0.3) is 0 Å². The van der Waals surface area contributed by atoms with Gasteiger partial charge >= 0.3 is 11.9 Å². The zero-order valence-corrected chi connectivity index (χ0v) is 32.3. The third-order valence-electron chi connectivity index (χ3n) is 7.91. The molecule has 0 aliphatic carbocycles. The average Bonchev–Trinajstić information content (AvgIpc) is 3.10. The average molecular weight is 734 g/mol. The van der Waals surface area contributed by atoms with Crippen LogP contribution < -0.4 is 0 Å². The summed E-state index contributed by atoms with van der Waals surface area (Å²) in [5.74, 6) is -0.292. The predicted octanol–water partition coefficient (Wildman–Crippen LogP) is 10.6. The summed E-state index contributed by atoms with van der Waals surface area (Å²) < 4.78 is 17.1. The highest BCUT2D eigenvalue weighted by Gasteiger charge is 2.20. The number of hydrogen-bond donors (Lipinski definition) is 2. The second-order valence-electron chi connectivity index (χ2n) is 12.4. The largest absolute Gasteiger partial charge is 0.463 e. The minimum atomic E-state index is -0.496. The third-order valence-corrected chi connectivity index (χ3v) is 7.91. The Bertz CT molecular complexity index is 715. The van der Waals surface area contributed by atoms with E-state index in [1.165, 1.54) is 64.2 Å². The van der Waals surface area contributed by atoms with Gasteiger partial charge in [0, 0.05) is 27.7 Å². The van der Waals surface area contributed by atoms with Gasteiger partial charge in [-0.05, 0) is 58.8 Å². The number of esters is 2. The number of carbonyl (C=O) groups is 2. The smallest absolute Gasteiger partial charge is 0.308 e. The van der Waals surface area contributed by atoms with Gasteiger partial charge in [0.05, 0.1) is 19.3 Å². The van der Waals surface area contributed by atoms with Crippen LogP contribution in [0.4, 0.5) is 0 Å². The van der Waals surface area contributed by atoms with E-state index in [0.29, 0.717) is 26.1 Å². The van der Waals surface area contributed by atoms with Gasteiger partial charge in [-0.15, -0.1) is 6.58 Å². The fourth-order valence-electron chi connectivity index (χ4n) is 5.26. The second kappa shape index (κ2) is 46.5. The van der Waals surface area contributed by atoms with Crippen LogP contribution in [0.15, 0.2) is 12.7 Å². The molecule has 0 spiro atoms. The standard InChI is InChI=1S/C21H40O3.C17H32O6.CH4.B.H2O2/c1-3-5-6-7-11-14-18-21-23-19(15-4-2)16-12-9-8-10-13-17-20(22)24-21;1-4-7-8-9-10-11-12-13-17(18)19-14-16(23-21-6-3)15-22-20-5-2;;;1-2/h19,21H,3-18H2,1-2H3;4,16H,1,5-15H2,2-3H3;1H4;;1-2H. The summed E-state index contributed by atoms with van der Waals surface area (Å²) >= 11 is 0. The zero-order valence-electron chi connectivity index (χ0n) is 32.3. The first-order valence-corrected chi connectivity index (χ1v) is 19.3. The number of ether oxygens (including phenoxy) is 3. The molecule has 0 aromatic carbocycles. The maximum atomic E-state index is 12.0. The molecule has 303 valence electrons. The van der Waals surface area contributed by atoms with Crippen LogP contribution in [0, 0.1) is 0 Å². The topological polar surface area (TPSA) is 139 Å². The van der Waals surface area contributed by atoms with E-state index in [2.05, 4.69) is 20.4 Å². The number of hydrogen-bond acceptors (Lipinski definition) is 11. The lowest BCUT2D eigenvalue weighted by atomic mass is 10.0. The van der Waals surface area contributed by atoms with Crippen molar-refractivity contribution >= 4 is 20.4 Å². The number of allylic oxidation sites excluding steroid dienone is 1. The Morgan fingerprint density at radius 3 is 2.10 bits per heavy atom. The van der Waals surface area contributed by atoms with Crippen LogP contribution in [0.1, 0.15) is 183 Å². The lowest BCUT2D eigenvalue weighted by molar-refractivity contribution is -0.367. The molecule has 1 fully saturated rings. The molecule has 0 bridgehead atoms. The van der Waals surface area contributed by atoms with Crippen LogP contribution in [-0.2, 0) is 43.3 Å². The molecule has 0 saturated carbocycles. The van der Waals surface area contributed by atoms with Crippen molar-refractivity contribution < 1.29 is 53.9 Å². The molecular weight excluding hydrogens is 655 g/mol. The molecule has 0 aromatic rings. The molecule has 0 aromatic heterocycles. The van der Waals surface area contributed by atoms with Crippen molar-refractivity contribution in [3.05, 3.63) is 12.7 Å². The highest BCUT2D eigenvalue weighted by molar-refractivity contribution is 5.75. The van der Waals surface area contributed by atoms with Crippen molar-refractivity contribution in [3.8, 4) is 0 Å². The van der Waals surface area contributed by atoms with Gasteiger partial charge in [-0.3, -0.25) is 20.1 Å². The van der Waals surface area contributed by atoms with Gasteiger partial charge in [-0.2, -0.15) is 0 Å². The van der Waals surface area contributed by atoms with E-state index >= 15 is 0 Å². The summed E-state index contributed by atoms with van der Waals surface area (Å²) in [5, 5.41) is 12.0. The number of carbonyl (C=O) groups excluding carboxylic acids is 2. The van der Waals surface area contributed by atoms with Gasteiger partial charge in [0.1, 0.15) is 13.2 Å². The molecule has 51 heavy (non-hydrogen) atoms. The van der Waals surface area contributed by atoms with E-state index in [9.17, 15) is 9.59 Å². The fourth-order valence-corrected chi connectivity index (χ4v) is 5.26. The van der Waals surface area contributed by atoms with Crippen LogP contribution in [-0.4, -0.2) is 75.8 Å². The molecule has 0 amide bonds. The molecule has 2 N–H and O–H groups in total. The normalized spacial score (nSPS) is 16.9. The molecule has 1 saturated heterocycles. The Kier molecular flexibility index (Phi) is 51.2. The Morgan fingerprint density at radius 2 is 1.43 bits per heavy atom. The van der Waals surface area contributed by atoms with E-state index in [-0.39, 0.29) is 53.4 Å². The number of unbranched alkanes of at least 4 members (excludes halogenated alkanes) is 10. The van der Waals surface area contributed by atoms with Crippen molar-refractivity contribution in [2.45, 2.75) is 201 Å². The summed E-state index contributed by atoms with van der Waals surface area (Å²) in [5.41, 5.74) is 0. The quantitative estimate of drug-likeness (QED) is 0.0219. The van der Waals surface area contributed by atoms with Crippen LogP contribution >= 0.6 is 0 Å². The highest BCUT2D eigenvalue weighted by atomic mass is 17.2. The molecule has 1 aliphatic rings. The van der Waals surface area contributed by atoms with Gasteiger partial charge in [0.15, 0.2) is 6.10 Å². The maximum Gasteiger partial charge on any atom is 0.308 e. The fraction of sp³-hybridized carbons (Fsp3) is 0.897. The van der Waals surface area contributed by atoms with Crippen molar-refractivity contribution in [3.63, 3.8) is 0 Å². The van der Waals surface area contributed by atoms with Gasteiger partial charge in [-0.1, -0.05) is 111 Å². The monoisotopic (exact) mass is 734 g/mol. The Balaban J connectivity index is -0.000000398. The van der Waals surface area contributed by atoms with E-state index in [0.717, 1.165) is 70.6 Å². The van der Waals surface area contributed by atoms with Gasteiger partial charge in [0.25, 0.3) is 0 Å². The Hall–Kier alpha value is -1.54. The van der Waals surface area contributed by atoms with Gasteiger partial charge in [0.2, 0.25) is 6.29 Å². The highest BCUT2D eigenvalue weighted by Crippen LogP contribution is 2.21. The predicted molar refractivity (Wildman–Crippen MR) is 205 cm³/mol. The van der Waals surface area contributed by atoms with Crippen LogP contribution in [0.3, 0.4) is 0 Å². The van der Waals surface area contributed by atoms with Crippen molar-refractivity contribution in [1.29, 1.82) is 0 Å². The number of rotatable bonds is 26. The van der Waals surface area contributed by atoms with Crippen molar-refractivity contribution in [2.75, 3.05) is 26.4 Å². The Morgan fingerprint density at radius 1 is 0.804 bits per heavy atom.